The third kappa shape index (κ3) is 2.71. The Morgan fingerprint density at radius 3 is 2.18 bits per heavy atom. The Morgan fingerprint density at radius 1 is 1.64 bits per heavy atom. The standard InChI is InChI=1S/C6H13N3OS/c1-3-6(2,4(7)10)9-5(8)11/h3H2,1-2H3,(H2,7,10)(H3,8,9,11). The first-order valence-corrected chi connectivity index (χ1v) is 3.70. The fourth-order valence-corrected chi connectivity index (χ4v) is 0.821. The van der Waals surface area contributed by atoms with E-state index in [2.05, 4.69) is 17.5 Å². The molecule has 1 atom stereocenters. The van der Waals surface area contributed by atoms with Gasteiger partial charge in [0.15, 0.2) is 5.11 Å². The first-order valence-electron chi connectivity index (χ1n) is 3.30. The summed E-state index contributed by atoms with van der Waals surface area (Å²) in [4.78, 5) is 10.8. The molecule has 0 heterocycles. The Kier molecular flexibility index (Phi) is 3.25. The van der Waals surface area contributed by atoms with Gasteiger partial charge in [-0.15, -0.1) is 0 Å². The molecular formula is C6H13N3OS. The first-order chi connectivity index (χ1) is 4.92. The van der Waals surface area contributed by atoms with Crippen molar-refractivity contribution in [3.05, 3.63) is 0 Å². The van der Waals surface area contributed by atoms with Crippen LogP contribution in [0.25, 0.3) is 0 Å². The van der Waals surface area contributed by atoms with Gasteiger partial charge < -0.3 is 16.8 Å². The van der Waals surface area contributed by atoms with Crippen molar-refractivity contribution in [3.8, 4) is 0 Å². The summed E-state index contributed by atoms with van der Waals surface area (Å²) in [5.41, 5.74) is 9.50. The number of hydrogen-bond acceptors (Lipinski definition) is 2. The van der Waals surface area contributed by atoms with Crippen molar-refractivity contribution in [1.29, 1.82) is 0 Å². The van der Waals surface area contributed by atoms with E-state index in [-0.39, 0.29) is 5.11 Å². The summed E-state index contributed by atoms with van der Waals surface area (Å²) in [6.45, 7) is 3.49. The molecule has 0 aliphatic carbocycles. The Balaban J connectivity index is 4.34. The summed E-state index contributed by atoms with van der Waals surface area (Å²) < 4.78 is 0. The van der Waals surface area contributed by atoms with Crippen molar-refractivity contribution in [2.24, 2.45) is 11.5 Å². The second-order valence-electron chi connectivity index (χ2n) is 2.54. The number of thiocarbonyl (C=S) groups is 1. The summed E-state index contributed by atoms with van der Waals surface area (Å²) in [6, 6.07) is 0. The smallest absolute Gasteiger partial charge is 0.242 e. The Labute approximate surface area is 71.3 Å². The summed E-state index contributed by atoms with van der Waals surface area (Å²) in [5, 5.41) is 2.73. The zero-order valence-electron chi connectivity index (χ0n) is 6.68. The van der Waals surface area contributed by atoms with E-state index in [9.17, 15) is 4.79 Å². The van der Waals surface area contributed by atoms with Crippen LogP contribution in [0.4, 0.5) is 0 Å². The van der Waals surface area contributed by atoms with Gasteiger partial charge in [-0.1, -0.05) is 6.92 Å². The van der Waals surface area contributed by atoms with Crippen LogP contribution in [0.1, 0.15) is 20.3 Å². The monoisotopic (exact) mass is 175 g/mol. The summed E-state index contributed by atoms with van der Waals surface area (Å²) in [5.74, 6) is -0.451. The number of primary amides is 1. The third-order valence-corrected chi connectivity index (χ3v) is 1.75. The molecule has 0 aromatic heterocycles. The predicted octanol–water partition coefficient (Wildman–Crippen LogP) is -0.526. The van der Waals surface area contributed by atoms with E-state index < -0.39 is 11.4 Å². The van der Waals surface area contributed by atoms with Gasteiger partial charge in [-0.2, -0.15) is 0 Å². The van der Waals surface area contributed by atoms with Crippen molar-refractivity contribution in [2.75, 3.05) is 0 Å². The minimum atomic E-state index is -0.814. The molecule has 0 rings (SSSR count). The Morgan fingerprint density at radius 2 is 2.09 bits per heavy atom. The molecule has 0 radical (unpaired) electrons. The fourth-order valence-electron chi connectivity index (χ4n) is 0.596. The van der Waals surface area contributed by atoms with Crippen LogP contribution in [0, 0.1) is 0 Å². The molecule has 1 amide bonds. The van der Waals surface area contributed by atoms with Gasteiger partial charge in [0, 0.05) is 0 Å². The number of nitrogens with one attached hydrogen (secondary N) is 1. The second-order valence-corrected chi connectivity index (χ2v) is 2.98. The number of nitrogens with two attached hydrogens (primary N) is 2. The quantitative estimate of drug-likeness (QED) is 0.504. The topological polar surface area (TPSA) is 81.1 Å². The number of rotatable bonds is 3. The molecule has 64 valence electrons. The molecule has 0 aromatic carbocycles. The summed E-state index contributed by atoms with van der Waals surface area (Å²) in [7, 11) is 0. The van der Waals surface area contributed by atoms with Gasteiger partial charge in [-0.3, -0.25) is 4.79 Å². The normalized spacial score (nSPS) is 15.1. The van der Waals surface area contributed by atoms with Crippen molar-refractivity contribution in [2.45, 2.75) is 25.8 Å². The van der Waals surface area contributed by atoms with E-state index in [1.54, 1.807) is 6.92 Å². The highest BCUT2D eigenvalue weighted by Crippen LogP contribution is 2.06. The van der Waals surface area contributed by atoms with E-state index in [1.165, 1.54) is 0 Å². The lowest BCUT2D eigenvalue weighted by Gasteiger charge is -2.25. The molecule has 0 aliphatic heterocycles. The molecule has 4 nitrogen and oxygen atoms in total. The van der Waals surface area contributed by atoms with E-state index in [0.717, 1.165) is 0 Å². The van der Waals surface area contributed by atoms with E-state index in [0.29, 0.717) is 6.42 Å². The lowest BCUT2D eigenvalue weighted by atomic mass is 9.99. The third-order valence-electron chi connectivity index (χ3n) is 1.65. The molecule has 0 aliphatic rings. The van der Waals surface area contributed by atoms with Gasteiger partial charge in [0.2, 0.25) is 5.91 Å². The Bertz CT molecular complexity index is 183. The number of carbonyl (C=O) groups excluding carboxylic acids is 1. The van der Waals surface area contributed by atoms with Crippen LogP contribution >= 0.6 is 12.2 Å². The zero-order chi connectivity index (χ0) is 9.07. The van der Waals surface area contributed by atoms with Crippen LogP contribution < -0.4 is 16.8 Å². The maximum Gasteiger partial charge on any atom is 0.242 e. The summed E-state index contributed by atoms with van der Waals surface area (Å²) >= 11 is 4.59. The van der Waals surface area contributed by atoms with Crippen LogP contribution in [0.5, 0.6) is 0 Å². The van der Waals surface area contributed by atoms with Crippen molar-refractivity contribution in [1.82, 2.24) is 5.32 Å². The van der Waals surface area contributed by atoms with Crippen LogP contribution in [0.15, 0.2) is 0 Å². The highest BCUT2D eigenvalue weighted by Gasteiger charge is 2.28. The lowest BCUT2D eigenvalue weighted by Crippen LogP contribution is -2.56. The molecule has 0 aromatic rings. The lowest BCUT2D eigenvalue weighted by molar-refractivity contribution is -0.123. The highest BCUT2D eigenvalue weighted by molar-refractivity contribution is 7.80. The number of hydrogen-bond donors (Lipinski definition) is 3. The van der Waals surface area contributed by atoms with Crippen LogP contribution in [0.2, 0.25) is 0 Å². The minimum absolute atomic E-state index is 0.0909. The molecule has 0 bridgehead atoms. The first kappa shape index (κ1) is 10.2. The zero-order valence-corrected chi connectivity index (χ0v) is 7.49. The van der Waals surface area contributed by atoms with Gasteiger partial charge in [0.05, 0.1) is 0 Å². The van der Waals surface area contributed by atoms with Crippen molar-refractivity contribution in [3.63, 3.8) is 0 Å². The molecule has 5 N–H and O–H groups in total. The maximum atomic E-state index is 10.8. The van der Waals surface area contributed by atoms with Crippen molar-refractivity contribution < 1.29 is 4.79 Å². The van der Waals surface area contributed by atoms with E-state index in [1.807, 2.05) is 6.92 Å². The minimum Gasteiger partial charge on any atom is -0.376 e. The average molecular weight is 175 g/mol. The van der Waals surface area contributed by atoms with E-state index in [4.69, 9.17) is 11.5 Å². The average Bonchev–Trinajstić information content (AvgIpc) is 1.86. The molecule has 0 spiro atoms. The van der Waals surface area contributed by atoms with Gasteiger partial charge in [-0.25, -0.2) is 0 Å². The SMILES string of the molecule is CCC(C)(NC(N)=S)C(N)=O. The largest absolute Gasteiger partial charge is 0.376 e. The molecular weight excluding hydrogens is 162 g/mol. The van der Waals surface area contributed by atoms with Crippen LogP contribution in [-0.2, 0) is 4.79 Å². The van der Waals surface area contributed by atoms with Gasteiger partial charge >= 0.3 is 0 Å². The molecule has 11 heavy (non-hydrogen) atoms. The van der Waals surface area contributed by atoms with Gasteiger partial charge in [0.1, 0.15) is 5.54 Å². The van der Waals surface area contributed by atoms with Crippen molar-refractivity contribution >= 4 is 23.2 Å². The maximum absolute atomic E-state index is 10.8. The van der Waals surface area contributed by atoms with Gasteiger partial charge in [-0.05, 0) is 25.6 Å². The summed E-state index contributed by atoms with van der Waals surface area (Å²) in [6.07, 6.45) is 0.555. The fraction of sp³-hybridized carbons (Fsp3) is 0.667. The number of amides is 1. The van der Waals surface area contributed by atoms with E-state index >= 15 is 0 Å². The second kappa shape index (κ2) is 3.52. The molecule has 0 saturated carbocycles. The molecule has 0 fully saturated rings. The molecule has 1 unspecified atom stereocenters. The Hall–Kier alpha value is -0.840. The predicted molar refractivity (Wildman–Crippen MR) is 47.8 cm³/mol. The van der Waals surface area contributed by atoms with Crippen LogP contribution in [0.3, 0.4) is 0 Å². The molecule has 0 saturated heterocycles. The number of carbonyl (C=O) groups is 1. The van der Waals surface area contributed by atoms with Gasteiger partial charge in [0.25, 0.3) is 0 Å². The molecule has 5 heteroatoms. The van der Waals surface area contributed by atoms with Crippen LogP contribution in [-0.4, -0.2) is 16.6 Å². The highest BCUT2D eigenvalue weighted by atomic mass is 32.1.